The van der Waals surface area contributed by atoms with Crippen molar-refractivity contribution in [3.05, 3.63) is 67.0 Å². The number of anilines is 1. The summed E-state index contributed by atoms with van der Waals surface area (Å²) in [4.78, 5) is 4.49. The minimum atomic E-state index is 0.580. The molecule has 3 rings (SSSR count). The van der Waals surface area contributed by atoms with Gasteiger partial charge in [-0.05, 0) is 46.9 Å². The fourth-order valence-electron chi connectivity index (χ4n) is 1.88. The maximum atomic E-state index is 6.20. The van der Waals surface area contributed by atoms with Gasteiger partial charge >= 0.3 is 0 Å². The highest BCUT2D eigenvalue weighted by Gasteiger charge is 2.08. The highest BCUT2D eigenvalue weighted by atomic mass is 127. The highest BCUT2D eigenvalue weighted by Crippen LogP contribution is 2.32. The molecule has 0 bridgehead atoms. The van der Waals surface area contributed by atoms with E-state index in [-0.39, 0.29) is 0 Å². The van der Waals surface area contributed by atoms with E-state index in [2.05, 4.69) is 38.1 Å². The Morgan fingerprint density at radius 3 is 2.78 bits per heavy atom. The molecule has 0 saturated carbocycles. The average Bonchev–Trinajstić information content (AvgIpc) is 2.98. The van der Waals surface area contributed by atoms with Crippen molar-refractivity contribution in [2.24, 2.45) is 5.10 Å². The van der Waals surface area contributed by atoms with Crippen molar-refractivity contribution in [2.75, 3.05) is 5.43 Å². The molecule has 0 atom stereocenters. The molecule has 7 heteroatoms. The predicted molar refractivity (Wildman–Crippen MR) is 108 cm³/mol. The molecule has 1 N–H and O–H groups in total. The third-order valence-electron chi connectivity index (χ3n) is 2.98. The quantitative estimate of drug-likeness (QED) is 0.279. The summed E-state index contributed by atoms with van der Waals surface area (Å²) in [6, 6.07) is 13.4. The number of rotatable bonds is 4. The molecule has 0 spiro atoms. The van der Waals surface area contributed by atoms with E-state index in [9.17, 15) is 0 Å². The standard InChI is InChI=1S/C16H10Cl2IN3S/c17-11-5-6-12(13(18)7-11)15-9-23-16(21-15)22-20-8-10-3-1-2-4-14(10)19/h1-9H,(H,21,22)/b20-8-. The van der Waals surface area contributed by atoms with E-state index in [0.717, 1.165) is 20.4 Å². The molecule has 0 fully saturated rings. The van der Waals surface area contributed by atoms with Gasteiger partial charge < -0.3 is 0 Å². The van der Waals surface area contributed by atoms with Gasteiger partial charge in [0.25, 0.3) is 0 Å². The van der Waals surface area contributed by atoms with Crippen LogP contribution in [-0.4, -0.2) is 11.2 Å². The first-order valence-electron chi connectivity index (χ1n) is 6.58. The summed E-state index contributed by atoms with van der Waals surface area (Å²) in [6.45, 7) is 0. The monoisotopic (exact) mass is 473 g/mol. The average molecular weight is 474 g/mol. The Hall–Kier alpha value is -1.15. The first-order chi connectivity index (χ1) is 11.1. The van der Waals surface area contributed by atoms with Crippen molar-refractivity contribution in [1.82, 2.24) is 4.98 Å². The Balaban J connectivity index is 1.74. The van der Waals surface area contributed by atoms with Gasteiger partial charge in [-0.3, -0.25) is 5.43 Å². The lowest BCUT2D eigenvalue weighted by Gasteiger charge is -2.00. The summed E-state index contributed by atoms with van der Waals surface area (Å²) >= 11 is 15.9. The fraction of sp³-hybridized carbons (Fsp3) is 0. The van der Waals surface area contributed by atoms with E-state index in [1.165, 1.54) is 11.3 Å². The molecule has 3 aromatic rings. The highest BCUT2D eigenvalue weighted by molar-refractivity contribution is 14.1. The maximum absolute atomic E-state index is 6.20. The summed E-state index contributed by atoms with van der Waals surface area (Å²) in [6.07, 6.45) is 1.78. The second-order valence-corrected chi connectivity index (χ2v) is 7.42. The van der Waals surface area contributed by atoms with Gasteiger partial charge in [-0.15, -0.1) is 11.3 Å². The summed E-state index contributed by atoms with van der Waals surface area (Å²) in [5, 5.41) is 8.05. The Kier molecular flexibility index (Phi) is 5.53. The number of thiazole rings is 1. The first-order valence-corrected chi connectivity index (χ1v) is 9.29. The molecule has 23 heavy (non-hydrogen) atoms. The third kappa shape index (κ3) is 4.23. The SMILES string of the molecule is Clc1ccc(-c2csc(N/N=C\c3ccccc3I)n2)c(Cl)c1. The number of hydrogen-bond donors (Lipinski definition) is 1. The fourth-order valence-corrected chi connectivity index (χ4v) is 3.57. The summed E-state index contributed by atoms with van der Waals surface area (Å²) in [7, 11) is 0. The minimum Gasteiger partial charge on any atom is -0.253 e. The van der Waals surface area contributed by atoms with E-state index in [1.807, 2.05) is 35.7 Å². The van der Waals surface area contributed by atoms with Crippen LogP contribution in [0.5, 0.6) is 0 Å². The second kappa shape index (κ2) is 7.61. The van der Waals surface area contributed by atoms with Crippen LogP contribution in [0.2, 0.25) is 10.0 Å². The molecule has 1 heterocycles. The summed E-state index contributed by atoms with van der Waals surface area (Å²) in [5.41, 5.74) is 5.64. The first kappa shape index (κ1) is 16.7. The van der Waals surface area contributed by atoms with Gasteiger partial charge in [-0.2, -0.15) is 5.10 Å². The molecule has 0 saturated heterocycles. The molecule has 2 aromatic carbocycles. The lowest BCUT2D eigenvalue weighted by atomic mass is 10.2. The third-order valence-corrected chi connectivity index (χ3v) is 5.26. The number of hydrogen-bond acceptors (Lipinski definition) is 4. The van der Waals surface area contributed by atoms with Crippen molar-refractivity contribution in [2.45, 2.75) is 0 Å². The van der Waals surface area contributed by atoms with E-state index in [0.29, 0.717) is 15.2 Å². The number of halogens is 3. The Labute approximate surface area is 161 Å². The van der Waals surface area contributed by atoms with Crippen molar-refractivity contribution in [1.29, 1.82) is 0 Å². The van der Waals surface area contributed by atoms with Crippen molar-refractivity contribution in [3.63, 3.8) is 0 Å². The van der Waals surface area contributed by atoms with Crippen LogP contribution in [0.25, 0.3) is 11.3 Å². The van der Waals surface area contributed by atoms with Crippen molar-refractivity contribution < 1.29 is 0 Å². The van der Waals surface area contributed by atoms with E-state index in [4.69, 9.17) is 23.2 Å². The molecule has 0 aliphatic rings. The topological polar surface area (TPSA) is 37.3 Å². The van der Waals surface area contributed by atoms with Gasteiger partial charge in [0, 0.05) is 25.1 Å². The number of aromatic nitrogens is 1. The summed E-state index contributed by atoms with van der Waals surface area (Å²) in [5.74, 6) is 0. The van der Waals surface area contributed by atoms with Crippen LogP contribution in [-0.2, 0) is 0 Å². The minimum absolute atomic E-state index is 0.580. The lowest BCUT2D eigenvalue weighted by molar-refractivity contribution is 1.29. The van der Waals surface area contributed by atoms with Gasteiger partial charge in [0.1, 0.15) is 0 Å². The number of nitrogens with zero attached hydrogens (tertiary/aromatic N) is 2. The Bertz CT molecular complexity index is 864. The molecule has 0 amide bonds. The molecule has 0 unspecified atom stereocenters. The number of nitrogens with one attached hydrogen (secondary N) is 1. The maximum Gasteiger partial charge on any atom is 0.203 e. The van der Waals surface area contributed by atoms with Gasteiger partial charge in [-0.25, -0.2) is 4.98 Å². The van der Waals surface area contributed by atoms with Crippen LogP contribution >= 0.6 is 57.1 Å². The van der Waals surface area contributed by atoms with E-state index >= 15 is 0 Å². The summed E-state index contributed by atoms with van der Waals surface area (Å²) < 4.78 is 1.14. The largest absolute Gasteiger partial charge is 0.253 e. The normalized spacial score (nSPS) is 11.1. The number of benzene rings is 2. The molecule has 3 nitrogen and oxygen atoms in total. The van der Waals surface area contributed by atoms with Crippen LogP contribution < -0.4 is 5.43 Å². The van der Waals surface area contributed by atoms with Gasteiger partial charge in [-0.1, -0.05) is 41.4 Å². The zero-order valence-corrected chi connectivity index (χ0v) is 16.1. The molecule has 0 radical (unpaired) electrons. The molecular formula is C16H10Cl2IN3S. The molecule has 0 aliphatic carbocycles. The van der Waals surface area contributed by atoms with Crippen LogP contribution in [0.1, 0.15) is 5.56 Å². The van der Waals surface area contributed by atoms with Crippen molar-refractivity contribution in [3.8, 4) is 11.3 Å². The lowest BCUT2D eigenvalue weighted by Crippen LogP contribution is -1.92. The Morgan fingerprint density at radius 1 is 1.17 bits per heavy atom. The second-order valence-electron chi connectivity index (χ2n) is 4.55. The van der Waals surface area contributed by atoms with Crippen LogP contribution in [0.15, 0.2) is 52.9 Å². The molecule has 0 aliphatic heterocycles. The zero-order chi connectivity index (χ0) is 16.2. The van der Waals surface area contributed by atoms with Gasteiger partial charge in [0.05, 0.1) is 16.9 Å². The zero-order valence-electron chi connectivity index (χ0n) is 11.6. The smallest absolute Gasteiger partial charge is 0.203 e. The predicted octanol–water partition coefficient (Wildman–Crippen LogP) is 6.17. The molecule has 116 valence electrons. The Morgan fingerprint density at radius 2 is 2.00 bits per heavy atom. The van der Waals surface area contributed by atoms with Gasteiger partial charge in [0.2, 0.25) is 5.13 Å². The van der Waals surface area contributed by atoms with Crippen molar-refractivity contribution >= 4 is 68.5 Å². The molecular weight excluding hydrogens is 464 g/mol. The van der Waals surface area contributed by atoms with Gasteiger partial charge in [0.15, 0.2) is 0 Å². The molecule has 1 aromatic heterocycles. The van der Waals surface area contributed by atoms with E-state index < -0.39 is 0 Å². The number of hydrazone groups is 1. The van der Waals surface area contributed by atoms with Crippen LogP contribution in [0.4, 0.5) is 5.13 Å². The van der Waals surface area contributed by atoms with Crippen LogP contribution in [0, 0.1) is 3.57 Å². The van der Waals surface area contributed by atoms with Crippen LogP contribution in [0.3, 0.4) is 0 Å². The van der Waals surface area contributed by atoms with E-state index in [1.54, 1.807) is 18.3 Å².